The highest BCUT2D eigenvalue weighted by molar-refractivity contribution is 7.80. The minimum absolute atomic E-state index is 0.158. The summed E-state index contributed by atoms with van der Waals surface area (Å²) in [6.45, 7) is 2.38. The molecule has 0 saturated heterocycles. The van der Waals surface area contributed by atoms with Crippen molar-refractivity contribution < 1.29 is 13.9 Å². The number of halogens is 1. The van der Waals surface area contributed by atoms with Crippen LogP contribution in [0.1, 0.15) is 21.5 Å². The summed E-state index contributed by atoms with van der Waals surface area (Å²) in [5.74, 6) is 0.681. The first-order chi connectivity index (χ1) is 17.9. The van der Waals surface area contributed by atoms with Crippen molar-refractivity contribution in [1.29, 1.82) is 0 Å². The van der Waals surface area contributed by atoms with Gasteiger partial charge in [-0.3, -0.25) is 10.1 Å². The zero-order chi connectivity index (χ0) is 25.8. The molecule has 0 aliphatic rings. The third-order valence-electron chi connectivity index (χ3n) is 5.57. The van der Waals surface area contributed by atoms with Crippen molar-refractivity contribution in [3.63, 3.8) is 0 Å². The zero-order valence-electron chi connectivity index (χ0n) is 19.8. The summed E-state index contributed by atoms with van der Waals surface area (Å²) in [5, 5.41) is 6.46. The van der Waals surface area contributed by atoms with Crippen LogP contribution in [0.3, 0.4) is 0 Å². The summed E-state index contributed by atoms with van der Waals surface area (Å²) in [5.41, 5.74) is 5.15. The quantitative estimate of drug-likeness (QED) is 0.228. The van der Waals surface area contributed by atoms with E-state index in [1.807, 2.05) is 61.5 Å². The van der Waals surface area contributed by atoms with E-state index < -0.39 is 0 Å². The fraction of sp³-hybridized carbons (Fsp3) is 0.0690. The Hall–Kier alpha value is -4.20. The van der Waals surface area contributed by atoms with Crippen LogP contribution in [0.15, 0.2) is 95.4 Å². The number of amides is 1. The van der Waals surface area contributed by atoms with E-state index in [2.05, 4.69) is 15.6 Å². The van der Waals surface area contributed by atoms with Crippen molar-refractivity contribution in [2.24, 2.45) is 0 Å². The van der Waals surface area contributed by atoms with Crippen LogP contribution in [0.5, 0.6) is 5.75 Å². The summed E-state index contributed by atoms with van der Waals surface area (Å²) in [6, 6.07) is 27.9. The molecule has 0 bridgehead atoms. The normalized spacial score (nSPS) is 10.8. The first-order valence-electron chi connectivity index (χ1n) is 11.5. The smallest absolute Gasteiger partial charge is 0.257 e. The van der Waals surface area contributed by atoms with E-state index in [1.165, 1.54) is 0 Å². The molecule has 0 atom stereocenters. The Morgan fingerprint density at radius 2 is 1.84 bits per heavy atom. The molecule has 4 aromatic carbocycles. The highest BCUT2D eigenvalue weighted by Gasteiger charge is 2.14. The number of hydrogen-bond acceptors (Lipinski definition) is 5. The van der Waals surface area contributed by atoms with Crippen LogP contribution in [0.25, 0.3) is 22.6 Å². The van der Waals surface area contributed by atoms with E-state index in [0.717, 1.165) is 16.7 Å². The largest absolute Gasteiger partial charge is 0.489 e. The van der Waals surface area contributed by atoms with Gasteiger partial charge in [0.15, 0.2) is 10.7 Å². The van der Waals surface area contributed by atoms with E-state index in [4.69, 9.17) is 33.0 Å². The van der Waals surface area contributed by atoms with E-state index in [1.54, 1.807) is 36.4 Å². The van der Waals surface area contributed by atoms with Crippen molar-refractivity contribution in [1.82, 2.24) is 10.3 Å². The van der Waals surface area contributed by atoms with Crippen LogP contribution in [0, 0.1) is 6.92 Å². The Balaban J connectivity index is 1.23. The first kappa shape index (κ1) is 24.5. The van der Waals surface area contributed by atoms with Crippen LogP contribution in [-0.4, -0.2) is 16.0 Å². The van der Waals surface area contributed by atoms with Crippen molar-refractivity contribution >= 4 is 51.6 Å². The molecule has 1 amide bonds. The number of rotatable bonds is 6. The van der Waals surface area contributed by atoms with Gasteiger partial charge in [-0.05, 0) is 78.8 Å². The van der Waals surface area contributed by atoms with Gasteiger partial charge in [0.2, 0.25) is 5.89 Å². The third kappa shape index (κ3) is 5.97. The van der Waals surface area contributed by atoms with Crippen molar-refractivity contribution in [2.75, 3.05) is 5.32 Å². The van der Waals surface area contributed by atoms with Crippen LogP contribution in [0.4, 0.5) is 5.69 Å². The number of nitrogens with zero attached hydrogens (tertiary/aromatic N) is 1. The number of ether oxygens (including phenoxy) is 1. The Bertz CT molecular complexity index is 1600. The van der Waals surface area contributed by atoms with E-state index in [-0.39, 0.29) is 11.0 Å². The van der Waals surface area contributed by atoms with Gasteiger partial charge in [-0.2, -0.15) is 0 Å². The third-order valence-corrected chi connectivity index (χ3v) is 6.09. The second-order valence-electron chi connectivity index (χ2n) is 8.40. The predicted molar refractivity (Wildman–Crippen MR) is 150 cm³/mol. The van der Waals surface area contributed by atoms with Gasteiger partial charge in [0.25, 0.3) is 5.91 Å². The molecule has 1 aromatic heterocycles. The average molecular weight is 528 g/mol. The minimum Gasteiger partial charge on any atom is -0.489 e. The number of oxazole rings is 1. The monoisotopic (exact) mass is 527 g/mol. The summed E-state index contributed by atoms with van der Waals surface area (Å²) >= 11 is 11.7. The first-order valence-corrected chi connectivity index (χ1v) is 12.3. The Labute approximate surface area is 224 Å². The zero-order valence-corrected chi connectivity index (χ0v) is 21.4. The van der Waals surface area contributed by atoms with Gasteiger partial charge < -0.3 is 14.5 Å². The molecule has 2 N–H and O–H groups in total. The van der Waals surface area contributed by atoms with Crippen molar-refractivity contribution in [3.8, 4) is 17.2 Å². The summed E-state index contributed by atoms with van der Waals surface area (Å²) in [6.07, 6.45) is 0. The molecule has 5 rings (SSSR count). The summed E-state index contributed by atoms with van der Waals surface area (Å²) in [7, 11) is 0. The highest BCUT2D eigenvalue weighted by Crippen LogP contribution is 2.31. The molecule has 0 saturated carbocycles. The van der Waals surface area contributed by atoms with Gasteiger partial charge >= 0.3 is 0 Å². The molecule has 1 heterocycles. The molecule has 0 aliphatic carbocycles. The number of hydrogen-bond donors (Lipinski definition) is 2. The maximum Gasteiger partial charge on any atom is 0.257 e. The number of aromatic nitrogens is 1. The van der Waals surface area contributed by atoms with Crippen molar-refractivity contribution in [3.05, 3.63) is 113 Å². The van der Waals surface area contributed by atoms with Gasteiger partial charge in [0, 0.05) is 11.3 Å². The lowest BCUT2D eigenvalue weighted by molar-refractivity contribution is 0.0977. The Morgan fingerprint density at radius 3 is 2.65 bits per heavy atom. The number of aryl methyl sites for hydroxylation is 1. The average Bonchev–Trinajstić information content (AvgIpc) is 3.31. The lowest BCUT2D eigenvalue weighted by atomic mass is 10.1. The maximum absolute atomic E-state index is 12.8. The molecule has 0 fully saturated rings. The molecule has 5 aromatic rings. The van der Waals surface area contributed by atoms with Gasteiger partial charge in [-0.25, -0.2) is 4.98 Å². The molecule has 0 spiro atoms. The number of nitrogens with one attached hydrogen (secondary N) is 2. The number of benzene rings is 4. The summed E-state index contributed by atoms with van der Waals surface area (Å²) < 4.78 is 11.7. The van der Waals surface area contributed by atoms with Crippen molar-refractivity contribution in [2.45, 2.75) is 13.5 Å². The predicted octanol–water partition coefficient (Wildman–Crippen LogP) is 7.16. The molecular formula is C29H22ClN3O3S. The SMILES string of the molecule is Cc1ccc(-c2nc3cc(NC(=S)NC(=O)c4cccc(OCc5ccccc5)c4)ccc3o2)c(Cl)c1. The van der Waals surface area contributed by atoms with Gasteiger partial charge in [-0.15, -0.1) is 0 Å². The van der Waals surface area contributed by atoms with Crippen LogP contribution in [-0.2, 0) is 6.61 Å². The molecule has 0 unspecified atom stereocenters. The van der Waals surface area contributed by atoms with Crippen LogP contribution < -0.4 is 15.4 Å². The van der Waals surface area contributed by atoms with E-state index in [9.17, 15) is 4.79 Å². The fourth-order valence-electron chi connectivity index (χ4n) is 3.72. The summed E-state index contributed by atoms with van der Waals surface area (Å²) in [4.78, 5) is 17.3. The maximum atomic E-state index is 12.8. The van der Waals surface area contributed by atoms with Crippen LogP contribution >= 0.6 is 23.8 Å². The second-order valence-corrected chi connectivity index (χ2v) is 9.21. The Morgan fingerprint density at radius 1 is 1.00 bits per heavy atom. The minimum atomic E-state index is -0.346. The van der Waals surface area contributed by atoms with Gasteiger partial charge in [-0.1, -0.05) is 54.1 Å². The standard InChI is InChI=1S/C29H22ClN3O3S/c1-18-10-12-23(24(30)14-18)28-32-25-16-21(11-13-26(25)36-28)31-29(37)33-27(34)20-8-5-9-22(15-20)35-17-19-6-3-2-4-7-19/h2-16H,17H2,1H3,(H2,31,33,34,37). The van der Waals surface area contributed by atoms with Crippen LogP contribution in [0.2, 0.25) is 5.02 Å². The lowest BCUT2D eigenvalue weighted by Gasteiger charge is -2.11. The van der Waals surface area contributed by atoms with Gasteiger partial charge in [0.05, 0.1) is 10.6 Å². The molecular weight excluding hydrogens is 506 g/mol. The second kappa shape index (κ2) is 10.8. The molecule has 0 aliphatic heterocycles. The topological polar surface area (TPSA) is 76.4 Å². The molecule has 37 heavy (non-hydrogen) atoms. The number of anilines is 1. The van der Waals surface area contributed by atoms with Gasteiger partial charge in [0.1, 0.15) is 17.9 Å². The number of carbonyl (C=O) groups is 1. The molecule has 6 nitrogen and oxygen atoms in total. The number of carbonyl (C=O) groups excluding carboxylic acids is 1. The molecule has 0 radical (unpaired) electrons. The number of thiocarbonyl (C=S) groups is 1. The highest BCUT2D eigenvalue weighted by atomic mass is 35.5. The number of fused-ring (bicyclic) bond motifs is 1. The lowest BCUT2D eigenvalue weighted by Crippen LogP contribution is -2.34. The Kier molecular flexibility index (Phi) is 7.16. The van der Waals surface area contributed by atoms with E-state index >= 15 is 0 Å². The molecule has 8 heteroatoms. The molecule has 184 valence electrons. The fourth-order valence-corrected chi connectivity index (χ4v) is 4.25. The van der Waals surface area contributed by atoms with E-state index in [0.29, 0.717) is 45.6 Å².